The van der Waals surface area contributed by atoms with Crippen LogP contribution in [0.3, 0.4) is 0 Å². The Balaban J connectivity index is 2.06. The second-order valence-electron chi connectivity index (χ2n) is 5.31. The lowest BCUT2D eigenvalue weighted by Crippen LogP contribution is -2.13. The molecule has 0 aliphatic heterocycles. The first-order valence-corrected chi connectivity index (χ1v) is 7.30. The first-order chi connectivity index (χ1) is 10.2. The van der Waals surface area contributed by atoms with Gasteiger partial charge >= 0.3 is 0 Å². The maximum atomic E-state index is 4.72. The van der Waals surface area contributed by atoms with Crippen molar-refractivity contribution in [2.45, 2.75) is 27.3 Å². The molecule has 0 saturated heterocycles. The Morgan fingerprint density at radius 1 is 1.14 bits per heavy atom. The molecule has 1 aromatic carbocycles. The number of rotatable bonds is 4. The van der Waals surface area contributed by atoms with Crippen LogP contribution in [0.1, 0.15) is 23.7 Å². The molecule has 0 aliphatic carbocycles. The Morgan fingerprint density at radius 2 is 1.95 bits per heavy atom. The van der Waals surface area contributed by atoms with Crippen LogP contribution in [0.4, 0.5) is 0 Å². The molecule has 3 rings (SSSR count). The number of hydrogen-bond donors (Lipinski definition) is 1. The van der Waals surface area contributed by atoms with Crippen molar-refractivity contribution in [3.63, 3.8) is 0 Å². The summed E-state index contributed by atoms with van der Waals surface area (Å²) >= 11 is 0. The van der Waals surface area contributed by atoms with E-state index in [1.54, 1.807) is 0 Å². The zero-order valence-corrected chi connectivity index (χ0v) is 12.7. The molecule has 0 aliphatic rings. The molecule has 108 valence electrons. The smallest absolute Gasteiger partial charge is 0.138 e. The minimum atomic E-state index is 0.787. The monoisotopic (exact) mass is 280 g/mol. The van der Waals surface area contributed by atoms with Crippen molar-refractivity contribution in [1.29, 1.82) is 0 Å². The van der Waals surface area contributed by atoms with Gasteiger partial charge in [-0.1, -0.05) is 13.0 Å². The zero-order valence-electron chi connectivity index (χ0n) is 12.7. The molecule has 21 heavy (non-hydrogen) atoms. The quantitative estimate of drug-likeness (QED) is 0.798. The largest absolute Gasteiger partial charge is 0.311 e. The minimum absolute atomic E-state index is 0.787. The summed E-state index contributed by atoms with van der Waals surface area (Å²) < 4.78 is 2.05. The van der Waals surface area contributed by atoms with Gasteiger partial charge in [-0.2, -0.15) is 0 Å². The highest BCUT2D eigenvalue weighted by Gasteiger charge is 2.08. The fourth-order valence-corrected chi connectivity index (χ4v) is 2.40. The predicted molar refractivity (Wildman–Crippen MR) is 85.7 cm³/mol. The van der Waals surface area contributed by atoms with E-state index in [2.05, 4.69) is 47.8 Å². The molecule has 0 radical (unpaired) electrons. The number of hydrogen-bond acceptors (Lipinski definition) is 3. The van der Waals surface area contributed by atoms with Crippen LogP contribution in [0.25, 0.3) is 16.9 Å². The average Bonchev–Trinajstić information content (AvgIpc) is 2.89. The normalized spacial score (nSPS) is 11.2. The number of pyridine rings is 1. The Morgan fingerprint density at radius 3 is 2.76 bits per heavy atom. The maximum absolute atomic E-state index is 4.72. The van der Waals surface area contributed by atoms with Crippen molar-refractivity contribution in [1.82, 2.24) is 19.9 Å². The van der Waals surface area contributed by atoms with Gasteiger partial charge in [0.15, 0.2) is 0 Å². The third kappa shape index (κ3) is 2.67. The molecule has 1 N–H and O–H groups in total. The van der Waals surface area contributed by atoms with E-state index in [4.69, 9.17) is 4.98 Å². The van der Waals surface area contributed by atoms with E-state index in [1.807, 2.05) is 24.5 Å². The van der Waals surface area contributed by atoms with Crippen molar-refractivity contribution in [2.24, 2.45) is 0 Å². The molecule has 0 spiro atoms. The lowest BCUT2D eigenvalue weighted by Gasteiger charge is -2.07. The molecule has 4 heteroatoms. The molecule has 0 atom stereocenters. The van der Waals surface area contributed by atoms with Crippen LogP contribution >= 0.6 is 0 Å². The highest BCUT2D eigenvalue weighted by molar-refractivity contribution is 5.78. The van der Waals surface area contributed by atoms with E-state index in [9.17, 15) is 0 Å². The summed E-state index contributed by atoms with van der Waals surface area (Å²) in [6, 6.07) is 10.4. The lowest BCUT2D eigenvalue weighted by molar-refractivity contribution is 0.708. The minimum Gasteiger partial charge on any atom is -0.311 e. The number of nitrogens with zero attached hydrogens (tertiary/aromatic N) is 3. The highest BCUT2D eigenvalue weighted by atomic mass is 15.1. The fraction of sp³-hybridized carbons (Fsp3) is 0.294. The van der Waals surface area contributed by atoms with E-state index in [-0.39, 0.29) is 0 Å². The van der Waals surface area contributed by atoms with Crippen molar-refractivity contribution in [3.05, 3.63) is 53.5 Å². The SMILES string of the molecule is CCNCc1cccc(-n2cnc3cc(C)c(C)cc32)n1. The second-order valence-corrected chi connectivity index (χ2v) is 5.31. The Bertz CT molecular complexity index is 774. The topological polar surface area (TPSA) is 42.7 Å². The molecule has 4 nitrogen and oxygen atoms in total. The third-order valence-electron chi connectivity index (χ3n) is 3.76. The number of nitrogens with one attached hydrogen (secondary N) is 1. The molecular weight excluding hydrogens is 260 g/mol. The van der Waals surface area contributed by atoms with Gasteiger partial charge in [-0.3, -0.25) is 4.57 Å². The second kappa shape index (κ2) is 5.66. The molecule has 0 bridgehead atoms. The van der Waals surface area contributed by atoms with Crippen LogP contribution in [0, 0.1) is 13.8 Å². The van der Waals surface area contributed by atoms with Gasteiger partial charge in [0.05, 0.1) is 16.7 Å². The fourth-order valence-electron chi connectivity index (χ4n) is 2.40. The predicted octanol–water partition coefficient (Wildman–Crippen LogP) is 3.15. The summed E-state index contributed by atoms with van der Waals surface area (Å²) in [4.78, 5) is 9.21. The number of fused-ring (bicyclic) bond motifs is 1. The van der Waals surface area contributed by atoms with E-state index in [0.717, 1.165) is 35.6 Å². The summed E-state index contributed by atoms with van der Waals surface area (Å²) in [5.41, 5.74) is 5.69. The first-order valence-electron chi connectivity index (χ1n) is 7.30. The lowest BCUT2D eigenvalue weighted by atomic mass is 10.1. The van der Waals surface area contributed by atoms with E-state index in [0.29, 0.717) is 0 Å². The Labute approximate surface area is 124 Å². The van der Waals surface area contributed by atoms with Crippen molar-refractivity contribution >= 4 is 11.0 Å². The molecule has 0 amide bonds. The molecular formula is C17H20N4. The number of aryl methyl sites for hydroxylation is 2. The summed E-state index contributed by atoms with van der Waals surface area (Å²) in [5, 5.41) is 3.30. The van der Waals surface area contributed by atoms with Gasteiger partial charge in [0.1, 0.15) is 12.1 Å². The summed E-state index contributed by atoms with van der Waals surface area (Å²) in [7, 11) is 0. The first kappa shape index (κ1) is 13.8. The number of imidazole rings is 1. The number of aromatic nitrogens is 3. The van der Waals surface area contributed by atoms with Crippen molar-refractivity contribution in [2.75, 3.05) is 6.54 Å². The van der Waals surface area contributed by atoms with Crippen LogP contribution in [0.15, 0.2) is 36.7 Å². The van der Waals surface area contributed by atoms with Gasteiger partial charge in [-0.25, -0.2) is 9.97 Å². The van der Waals surface area contributed by atoms with E-state index in [1.165, 1.54) is 11.1 Å². The van der Waals surface area contributed by atoms with Gasteiger partial charge in [-0.05, 0) is 55.8 Å². The Hall–Kier alpha value is -2.20. The van der Waals surface area contributed by atoms with Crippen molar-refractivity contribution < 1.29 is 0 Å². The van der Waals surface area contributed by atoms with Gasteiger partial charge in [0.2, 0.25) is 0 Å². The van der Waals surface area contributed by atoms with E-state index >= 15 is 0 Å². The molecule has 0 unspecified atom stereocenters. The summed E-state index contributed by atoms with van der Waals surface area (Å²) in [6.45, 7) is 8.07. The Kier molecular flexibility index (Phi) is 3.71. The summed E-state index contributed by atoms with van der Waals surface area (Å²) in [5.74, 6) is 0.913. The average molecular weight is 280 g/mol. The zero-order chi connectivity index (χ0) is 14.8. The van der Waals surface area contributed by atoms with Crippen LogP contribution in [0.5, 0.6) is 0 Å². The molecule has 0 fully saturated rings. The highest BCUT2D eigenvalue weighted by Crippen LogP contribution is 2.21. The maximum Gasteiger partial charge on any atom is 0.138 e. The van der Waals surface area contributed by atoms with Crippen LogP contribution in [-0.4, -0.2) is 21.1 Å². The van der Waals surface area contributed by atoms with Crippen molar-refractivity contribution in [3.8, 4) is 5.82 Å². The molecule has 2 heterocycles. The summed E-state index contributed by atoms with van der Waals surface area (Å²) in [6.07, 6.45) is 1.85. The molecule has 0 saturated carbocycles. The van der Waals surface area contributed by atoms with Crippen LogP contribution in [-0.2, 0) is 6.54 Å². The van der Waals surface area contributed by atoms with Gasteiger partial charge in [-0.15, -0.1) is 0 Å². The van der Waals surface area contributed by atoms with Crippen LogP contribution in [0.2, 0.25) is 0 Å². The van der Waals surface area contributed by atoms with Gasteiger partial charge in [0, 0.05) is 6.54 Å². The molecule has 3 aromatic rings. The number of benzene rings is 1. The third-order valence-corrected chi connectivity index (χ3v) is 3.76. The van der Waals surface area contributed by atoms with E-state index < -0.39 is 0 Å². The van der Waals surface area contributed by atoms with Gasteiger partial charge in [0.25, 0.3) is 0 Å². The standard InChI is InChI=1S/C17H20N4/c1-4-18-10-14-6-5-7-17(20-14)21-11-19-15-8-12(2)13(3)9-16(15)21/h5-9,11,18H,4,10H2,1-3H3. The van der Waals surface area contributed by atoms with Gasteiger partial charge < -0.3 is 5.32 Å². The molecule has 2 aromatic heterocycles. The van der Waals surface area contributed by atoms with Crippen LogP contribution < -0.4 is 5.32 Å².